The van der Waals surface area contributed by atoms with E-state index < -0.39 is 0 Å². The van der Waals surface area contributed by atoms with Crippen molar-refractivity contribution >= 4 is 5.91 Å². The van der Waals surface area contributed by atoms with Crippen molar-refractivity contribution in [1.82, 2.24) is 10.2 Å². The van der Waals surface area contributed by atoms with Crippen molar-refractivity contribution in [2.24, 2.45) is 11.8 Å². The molecule has 0 bridgehead atoms. The number of likely N-dealkylation sites (tertiary alicyclic amines) is 1. The van der Waals surface area contributed by atoms with E-state index in [1.807, 2.05) is 11.9 Å². The van der Waals surface area contributed by atoms with E-state index in [0.717, 1.165) is 13.1 Å². The normalized spacial score (nSPS) is 20.8. The average Bonchev–Trinajstić information content (AvgIpc) is 2.79. The number of nitrogens with one attached hydrogen (secondary N) is 1. The molecule has 0 aliphatic carbocycles. The molecule has 1 aromatic carbocycles. The number of hydrogen-bond donors (Lipinski definition) is 1. The maximum absolute atomic E-state index is 12.1. The quantitative estimate of drug-likeness (QED) is 0.895. The van der Waals surface area contributed by atoms with Gasteiger partial charge in [-0.25, -0.2) is 0 Å². The first kappa shape index (κ1) is 15.0. The molecule has 0 aromatic heterocycles. The number of hydrogen-bond acceptors (Lipinski definition) is 2. The fraction of sp³-hybridized carbons (Fsp3) is 0.588. The largest absolute Gasteiger partial charge is 0.340 e. The van der Waals surface area contributed by atoms with Gasteiger partial charge in [0.1, 0.15) is 0 Å². The zero-order chi connectivity index (χ0) is 14.7. The van der Waals surface area contributed by atoms with Crippen molar-refractivity contribution in [2.45, 2.75) is 33.2 Å². The van der Waals surface area contributed by atoms with Crippen molar-refractivity contribution in [3.05, 3.63) is 35.4 Å². The minimum Gasteiger partial charge on any atom is -0.340 e. The Hall–Kier alpha value is -1.35. The Labute approximate surface area is 122 Å². The molecule has 1 aromatic rings. The topological polar surface area (TPSA) is 32.3 Å². The molecule has 3 nitrogen and oxygen atoms in total. The molecule has 0 saturated carbocycles. The monoisotopic (exact) mass is 274 g/mol. The van der Waals surface area contributed by atoms with Crippen molar-refractivity contribution in [3.63, 3.8) is 0 Å². The molecular formula is C17H26N2O. The molecular weight excluding hydrogens is 248 g/mol. The van der Waals surface area contributed by atoms with Crippen molar-refractivity contribution in [3.8, 4) is 0 Å². The van der Waals surface area contributed by atoms with E-state index in [-0.39, 0.29) is 6.04 Å². The van der Waals surface area contributed by atoms with Gasteiger partial charge in [0.05, 0.1) is 0 Å². The first-order chi connectivity index (χ1) is 9.51. The molecule has 1 aliphatic rings. The van der Waals surface area contributed by atoms with Gasteiger partial charge in [0.2, 0.25) is 5.91 Å². The lowest BCUT2D eigenvalue weighted by Gasteiger charge is -2.25. The molecule has 1 amide bonds. The predicted octanol–water partition coefficient (Wildman–Crippen LogP) is 2.76. The van der Waals surface area contributed by atoms with Crippen molar-refractivity contribution in [2.75, 3.05) is 20.1 Å². The van der Waals surface area contributed by atoms with Crippen LogP contribution >= 0.6 is 0 Å². The van der Waals surface area contributed by atoms with Crippen LogP contribution in [0.25, 0.3) is 0 Å². The van der Waals surface area contributed by atoms with E-state index in [9.17, 15) is 4.79 Å². The number of amides is 1. The lowest BCUT2D eigenvalue weighted by Crippen LogP contribution is -2.35. The van der Waals surface area contributed by atoms with E-state index in [1.54, 1.807) is 0 Å². The highest BCUT2D eigenvalue weighted by atomic mass is 16.2. The molecule has 3 heteroatoms. The molecule has 20 heavy (non-hydrogen) atoms. The van der Waals surface area contributed by atoms with Gasteiger partial charge in [-0.05, 0) is 31.4 Å². The first-order valence-electron chi connectivity index (χ1n) is 7.53. The first-order valence-corrected chi connectivity index (χ1v) is 7.53. The molecule has 0 spiro atoms. The van der Waals surface area contributed by atoms with E-state index in [0.29, 0.717) is 24.2 Å². The van der Waals surface area contributed by atoms with Crippen molar-refractivity contribution in [1.29, 1.82) is 0 Å². The minimum absolute atomic E-state index is 0.213. The number of carbonyl (C=O) groups is 1. The number of likely N-dealkylation sites (N-methyl/N-ethyl adjacent to an activating group) is 1. The Morgan fingerprint density at radius 3 is 2.45 bits per heavy atom. The second-order valence-electron chi connectivity index (χ2n) is 6.26. The number of aryl methyl sites for hydroxylation is 1. The van der Waals surface area contributed by atoms with Gasteiger partial charge in [0.15, 0.2) is 0 Å². The number of carbonyl (C=O) groups excluding carboxylic acids is 1. The summed E-state index contributed by atoms with van der Waals surface area (Å²) in [5.41, 5.74) is 2.51. The molecule has 1 N–H and O–H groups in total. The van der Waals surface area contributed by atoms with Gasteiger partial charge in [-0.2, -0.15) is 0 Å². The van der Waals surface area contributed by atoms with E-state index in [2.05, 4.69) is 50.4 Å². The molecule has 110 valence electrons. The minimum atomic E-state index is 0.213. The second-order valence-corrected chi connectivity index (χ2v) is 6.26. The fourth-order valence-electron chi connectivity index (χ4n) is 2.81. The molecule has 2 unspecified atom stereocenters. The van der Waals surface area contributed by atoms with E-state index >= 15 is 0 Å². The number of benzene rings is 1. The summed E-state index contributed by atoms with van der Waals surface area (Å²) in [7, 11) is 1.96. The van der Waals surface area contributed by atoms with Gasteiger partial charge in [-0.15, -0.1) is 0 Å². The molecule has 2 rings (SSSR count). The Morgan fingerprint density at radius 2 is 1.95 bits per heavy atom. The molecule has 0 radical (unpaired) electrons. The van der Waals surface area contributed by atoms with Crippen LogP contribution in [0.5, 0.6) is 0 Å². The second kappa shape index (κ2) is 6.40. The van der Waals surface area contributed by atoms with Crippen LogP contribution in [0.2, 0.25) is 0 Å². The summed E-state index contributed by atoms with van der Waals surface area (Å²) in [6, 6.07) is 8.77. The van der Waals surface area contributed by atoms with Crippen molar-refractivity contribution < 1.29 is 4.79 Å². The summed E-state index contributed by atoms with van der Waals surface area (Å²) in [6.07, 6.45) is 0.710. The highest BCUT2D eigenvalue weighted by molar-refractivity contribution is 5.78. The van der Waals surface area contributed by atoms with Gasteiger partial charge in [0.25, 0.3) is 0 Å². The Bertz CT molecular complexity index is 453. The summed E-state index contributed by atoms with van der Waals surface area (Å²) in [5, 5.41) is 3.34. The average molecular weight is 274 g/mol. The molecule has 1 heterocycles. The van der Waals surface area contributed by atoms with Crippen LogP contribution in [0.3, 0.4) is 0 Å². The summed E-state index contributed by atoms with van der Waals surface area (Å²) in [5.74, 6) is 1.39. The van der Waals surface area contributed by atoms with Crippen LogP contribution in [0.15, 0.2) is 24.3 Å². The third-order valence-corrected chi connectivity index (χ3v) is 4.42. The smallest absolute Gasteiger partial charge is 0.222 e. The zero-order valence-electron chi connectivity index (χ0n) is 13.0. The van der Waals surface area contributed by atoms with Crippen LogP contribution in [0.1, 0.15) is 37.4 Å². The van der Waals surface area contributed by atoms with Gasteiger partial charge >= 0.3 is 0 Å². The van der Waals surface area contributed by atoms with Crippen LogP contribution in [0, 0.1) is 18.8 Å². The Morgan fingerprint density at radius 1 is 1.30 bits per heavy atom. The third kappa shape index (κ3) is 3.40. The third-order valence-electron chi connectivity index (χ3n) is 4.42. The summed E-state index contributed by atoms with van der Waals surface area (Å²) in [4.78, 5) is 14.1. The zero-order valence-corrected chi connectivity index (χ0v) is 13.0. The molecule has 1 fully saturated rings. The summed E-state index contributed by atoms with van der Waals surface area (Å²) >= 11 is 0. The van der Waals surface area contributed by atoms with Crippen LogP contribution in [-0.4, -0.2) is 30.9 Å². The van der Waals surface area contributed by atoms with Gasteiger partial charge in [0, 0.05) is 25.6 Å². The SMILES string of the molecule is CNC(CN1CC(C(C)C)CC1=O)c1ccc(C)cc1. The van der Waals surface area contributed by atoms with Crippen LogP contribution < -0.4 is 5.32 Å². The summed E-state index contributed by atoms with van der Waals surface area (Å²) < 4.78 is 0. The van der Waals surface area contributed by atoms with Gasteiger partial charge < -0.3 is 10.2 Å². The van der Waals surface area contributed by atoms with Crippen LogP contribution in [-0.2, 0) is 4.79 Å². The number of rotatable bonds is 5. The molecule has 1 saturated heterocycles. The predicted molar refractivity (Wildman–Crippen MR) is 82.5 cm³/mol. The van der Waals surface area contributed by atoms with Crippen LogP contribution in [0.4, 0.5) is 0 Å². The van der Waals surface area contributed by atoms with Gasteiger partial charge in [-0.3, -0.25) is 4.79 Å². The fourth-order valence-corrected chi connectivity index (χ4v) is 2.81. The molecule has 1 aliphatic heterocycles. The maximum atomic E-state index is 12.1. The molecule has 2 atom stereocenters. The lowest BCUT2D eigenvalue weighted by molar-refractivity contribution is -0.128. The maximum Gasteiger partial charge on any atom is 0.222 e. The Kier molecular flexibility index (Phi) is 4.81. The van der Waals surface area contributed by atoms with E-state index in [1.165, 1.54) is 11.1 Å². The highest BCUT2D eigenvalue weighted by Crippen LogP contribution is 2.26. The summed E-state index contributed by atoms with van der Waals surface area (Å²) in [6.45, 7) is 8.17. The highest BCUT2D eigenvalue weighted by Gasteiger charge is 2.32. The lowest BCUT2D eigenvalue weighted by atomic mass is 9.95. The Balaban J connectivity index is 2.03. The van der Waals surface area contributed by atoms with E-state index in [4.69, 9.17) is 0 Å². The van der Waals surface area contributed by atoms with Gasteiger partial charge in [-0.1, -0.05) is 43.7 Å². The number of nitrogens with zero attached hydrogens (tertiary/aromatic N) is 1. The standard InChI is InChI=1S/C17H26N2O/c1-12(2)15-9-17(20)19(10-15)11-16(18-4)14-7-5-13(3)6-8-14/h5-8,12,15-16,18H,9-11H2,1-4H3.